The van der Waals surface area contributed by atoms with Crippen LogP contribution in [0.3, 0.4) is 0 Å². The van der Waals surface area contributed by atoms with Crippen molar-refractivity contribution in [1.82, 2.24) is 14.8 Å². The zero-order valence-corrected chi connectivity index (χ0v) is 9.22. The Morgan fingerprint density at radius 3 is 3.00 bits per heavy atom. The molecule has 0 radical (unpaired) electrons. The van der Waals surface area contributed by atoms with Gasteiger partial charge in [-0.3, -0.25) is 9.67 Å². The van der Waals surface area contributed by atoms with Gasteiger partial charge in [-0.15, -0.1) is 6.42 Å². The molecule has 0 saturated carbocycles. The Kier molecular flexibility index (Phi) is 3.02. The Morgan fingerprint density at radius 1 is 1.50 bits per heavy atom. The molecule has 80 valence electrons. The molecule has 0 spiro atoms. The molecule has 0 atom stereocenters. The first-order chi connectivity index (χ1) is 7.85. The zero-order chi connectivity index (χ0) is 11.4. The maximum absolute atomic E-state index is 5.31. The largest absolute Gasteiger partial charge is 0.264 e. The van der Waals surface area contributed by atoms with E-state index in [-0.39, 0.29) is 0 Å². The van der Waals surface area contributed by atoms with Crippen LogP contribution in [0.2, 0.25) is 0 Å². The molecule has 0 N–H and O–H groups in total. The van der Waals surface area contributed by atoms with Gasteiger partial charge in [-0.1, -0.05) is 12.8 Å². The summed E-state index contributed by atoms with van der Waals surface area (Å²) in [5.41, 5.74) is 3.10. The third-order valence-electron chi connectivity index (χ3n) is 2.42. The van der Waals surface area contributed by atoms with Gasteiger partial charge in [0.1, 0.15) is 6.54 Å². The maximum Gasteiger partial charge on any atom is 0.102 e. The van der Waals surface area contributed by atoms with Crippen molar-refractivity contribution in [2.75, 3.05) is 0 Å². The first-order valence-electron chi connectivity index (χ1n) is 5.25. The molecule has 0 fully saturated rings. The van der Waals surface area contributed by atoms with Crippen LogP contribution in [0, 0.1) is 12.3 Å². The number of nitrogens with zero attached hydrogens (tertiary/aromatic N) is 3. The Hall–Kier alpha value is -2.08. The number of rotatable bonds is 3. The highest BCUT2D eigenvalue weighted by atomic mass is 15.3. The van der Waals surface area contributed by atoms with Gasteiger partial charge in [0.2, 0.25) is 0 Å². The fourth-order valence-corrected chi connectivity index (χ4v) is 1.62. The van der Waals surface area contributed by atoms with E-state index in [1.165, 1.54) is 0 Å². The van der Waals surface area contributed by atoms with Crippen LogP contribution in [0.1, 0.15) is 12.6 Å². The third kappa shape index (κ3) is 1.96. The second-order valence-corrected chi connectivity index (χ2v) is 3.48. The van der Waals surface area contributed by atoms with Crippen LogP contribution < -0.4 is 0 Å². The van der Waals surface area contributed by atoms with E-state index in [1.54, 1.807) is 6.20 Å². The van der Waals surface area contributed by atoms with Gasteiger partial charge in [0.05, 0.1) is 5.69 Å². The lowest BCUT2D eigenvalue weighted by molar-refractivity contribution is 0.676. The van der Waals surface area contributed by atoms with Crippen molar-refractivity contribution in [2.24, 2.45) is 0 Å². The highest BCUT2D eigenvalue weighted by molar-refractivity contribution is 5.57. The molecule has 0 aliphatic rings. The number of terminal acetylenes is 1. The summed E-state index contributed by atoms with van der Waals surface area (Å²) >= 11 is 0. The summed E-state index contributed by atoms with van der Waals surface area (Å²) in [4.78, 5) is 4.08. The molecule has 3 nitrogen and oxygen atoms in total. The highest BCUT2D eigenvalue weighted by Crippen LogP contribution is 2.18. The third-order valence-corrected chi connectivity index (χ3v) is 2.42. The molecule has 16 heavy (non-hydrogen) atoms. The maximum atomic E-state index is 5.31. The van der Waals surface area contributed by atoms with Crippen LogP contribution in [0.25, 0.3) is 11.3 Å². The number of aromatic nitrogens is 3. The van der Waals surface area contributed by atoms with Crippen LogP contribution in [0.4, 0.5) is 0 Å². The molecule has 0 aliphatic heterocycles. The fraction of sp³-hybridized carbons (Fsp3) is 0.231. The van der Waals surface area contributed by atoms with E-state index in [4.69, 9.17) is 6.42 Å². The Labute approximate surface area is 95.1 Å². The lowest BCUT2D eigenvalue weighted by Gasteiger charge is -1.98. The van der Waals surface area contributed by atoms with Gasteiger partial charge in [-0.05, 0) is 24.6 Å². The van der Waals surface area contributed by atoms with E-state index in [2.05, 4.69) is 29.0 Å². The fourth-order valence-electron chi connectivity index (χ4n) is 1.62. The molecule has 0 aliphatic carbocycles. The summed E-state index contributed by atoms with van der Waals surface area (Å²) in [6, 6.07) is 5.96. The van der Waals surface area contributed by atoms with Gasteiger partial charge in [0, 0.05) is 23.7 Å². The average molecular weight is 211 g/mol. The topological polar surface area (TPSA) is 30.7 Å². The second kappa shape index (κ2) is 4.63. The van der Waals surface area contributed by atoms with E-state index in [0.29, 0.717) is 6.54 Å². The van der Waals surface area contributed by atoms with Crippen molar-refractivity contribution >= 4 is 0 Å². The molecular formula is C13H13N3. The average Bonchev–Trinajstić information content (AvgIpc) is 2.74. The van der Waals surface area contributed by atoms with Gasteiger partial charge in [-0.2, -0.15) is 5.10 Å². The van der Waals surface area contributed by atoms with Crippen LogP contribution >= 0.6 is 0 Å². The number of aryl methyl sites for hydroxylation is 1. The second-order valence-electron chi connectivity index (χ2n) is 3.48. The quantitative estimate of drug-likeness (QED) is 0.728. The van der Waals surface area contributed by atoms with E-state index in [0.717, 1.165) is 23.4 Å². The van der Waals surface area contributed by atoms with Gasteiger partial charge in [0.15, 0.2) is 0 Å². The number of pyridine rings is 1. The highest BCUT2D eigenvalue weighted by Gasteiger charge is 2.07. The summed E-state index contributed by atoms with van der Waals surface area (Å²) in [5, 5.41) is 4.48. The zero-order valence-electron chi connectivity index (χ0n) is 9.22. The first-order valence-corrected chi connectivity index (χ1v) is 5.25. The molecule has 2 aromatic rings. The van der Waals surface area contributed by atoms with Crippen molar-refractivity contribution in [1.29, 1.82) is 0 Å². The van der Waals surface area contributed by atoms with Crippen LogP contribution in [0.15, 0.2) is 30.6 Å². The molecule has 0 bridgehead atoms. The van der Waals surface area contributed by atoms with Crippen molar-refractivity contribution < 1.29 is 0 Å². The van der Waals surface area contributed by atoms with Crippen LogP contribution in [-0.4, -0.2) is 14.8 Å². The predicted octanol–water partition coefficient (Wildman–Crippen LogP) is 2.14. The molecule has 0 saturated heterocycles. The molecule has 2 aromatic heterocycles. The van der Waals surface area contributed by atoms with Crippen LogP contribution in [-0.2, 0) is 13.0 Å². The Bertz CT molecular complexity index is 506. The predicted molar refractivity (Wildman–Crippen MR) is 63.7 cm³/mol. The SMILES string of the molecule is C#CCn1nc(-c2cccnc2)cc1CC. The minimum atomic E-state index is 0.517. The smallest absolute Gasteiger partial charge is 0.102 e. The van der Waals surface area contributed by atoms with E-state index in [9.17, 15) is 0 Å². The molecule has 0 amide bonds. The number of hydrogen-bond donors (Lipinski definition) is 0. The van der Waals surface area contributed by atoms with Gasteiger partial charge in [0.25, 0.3) is 0 Å². The summed E-state index contributed by atoms with van der Waals surface area (Å²) < 4.78 is 1.86. The summed E-state index contributed by atoms with van der Waals surface area (Å²) in [7, 11) is 0. The van der Waals surface area contributed by atoms with Crippen LogP contribution in [0.5, 0.6) is 0 Å². The van der Waals surface area contributed by atoms with Crippen molar-refractivity contribution in [2.45, 2.75) is 19.9 Å². The number of hydrogen-bond acceptors (Lipinski definition) is 2. The first kappa shape index (κ1) is 10.4. The lowest BCUT2D eigenvalue weighted by atomic mass is 10.2. The van der Waals surface area contributed by atoms with E-state index in [1.807, 2.05) is 23.0 Å². The lowest BCUT2D eigenvalue weighted by Crippen LogP contribution is -2.02. The molecule has 0 aromatic carbocycles. The molecule has 2 rings (SSSR count). The monoisotopic (exact) mass is 211 g/mol. The van der Waals surface area contributed by atoms with Gasteiger partial charge in [-0.25, -0.2) is 0 Å². The minimum Gasteiger partial charge on any atom is -0.264 e. The molecular weight excluding hydrogens is 198 g/mol. The summed E-state index contributed by atoms with van der Waals surface area (Å²) in [6.07, 6.45) is 9.79. The summed E-state index contributed by atoms with van der Waals surface area (Å²) in [6.45, 7) is 2.61. The standard InChI is InChI=1S/C13H13N3/c1-3-8-16-12(4-2)9-13(15-16)11-6-5-7-14-10-11/h1,5-7,9-10H,4,8H2,2H3. The van der Waals surface area contributed by atoms with Crippen molar-refractivity contribution in [3.05, 3.63) is 36.3 Å². The molecule has 2 heterocycles. The molecule has 0 unspecified atom stereocenters. The minimum absolute atomic E-state index is 0.517. The van der Waals surface area contributed by atoms with Gasteiger partial charge < -0.3 is 0 Å². The molecule has 3 heteroatoms. The van der Waals surface area contributed by atoms with Crippen molar-refractivity contribution in [3.63, 3.8) is 0 Å². The van der Waals surface area contributed by atoms with Gasteiger partial charge >= 0.3 is 0 Å². The Balaban J connectivity index is 2.41. The Morgan fingerprint density at radius 2 is 2.38 bits per heavy atom. The van der Waals surface area contributed by atoms with E-state index >= 15 is 0 Å². The normalized spacial score (nSPS) is 10.0. The van der Waals surface area contributed by atoms with E-state index < -0.39 is 0 Å². The summed E-state index contributed by atoms with van der Waals surface area (Å²) in [5.74, 6) is 2.61. The van der Waals surface area contributed by atoms with Crippen molar-refractivity contribution in [3.8, 4) is 23.6 Å².